The van der Waals surface area contributed by atoms with Crippen molar-refractivity contribution in [1.29, 1.82) is 0 Å². The molecule has 6 nitrogen and oxygen atoms in total. The van der Waals surface area contributed by atoms with E-state index in [4.69, 9.17) is 4.74 Å². The average Bonchev–Trinajstić information content (AvgIpc) is 3.49. The Morgan fingerprint density at radius 1 is 1.25 bits per heavy atom. The molecule has 2 atom stereocenters. The average molecular weight is 431 g/mol. The third-order valence-corrected chi connectivity index (χ3v) is 6.20. The number of pyridine rings is 2. The highest BCUT2D eigenvalue weighted by atomic mass is 16.5. The molecule has 0 amide bonds. The van der Waals surface area contributed by atoms with Crippen LogP contribution in [0.4, 0.5) is 11.5 Å². The van der Waals surface area contributed by atoms with Gasteiger partial charge < -0.3 is 19.5 Å². The van der Waals surface area contributed by atoms with E-state index in [0.29, 0.717) is 23.8 Å². The molecular formula is C26H30N4O2. The predicted octanol–water partition coefficient (Wildman–Crippen LogP) is 4.48. The van der Waals surface area contributed by atoms with Crippen LogP contribution < -0.4 is 15.5 Å². The number of para-hydroxylation sites is 1. The Morgan fingerprint density at radius 2 is 2.06 bits per heavy atom. The van der Waals surface area contributed by atoms with Gasteiger partial charge in [-0.25, -0.2) is 4.98 Å². The van der Waals surface area contributed by atoms with Crippen molar-refractivity contribution in [3.8, 4) is 5.88 Å². The first-order valence-corrected chi connectivity index (χ1v) is 11.0. The van der Waals surface area contributed by atoms with Gasteiger partial charge in [-0.05, 0) is 45.6 Å². The lowest BCUT2D eigenvalue weighted by Gasteiger charge is -2.27. The molecule has 0 spiro atoms. The maximum atomic E-state index is 13.4. The Labute approximate surface area is 189 Å². The number of benzene rings is 1. The van der Waals surface area contributed by atoms with Crippen molar-refractivity contribution in [3.63, 3.8) is 0 Å². The molecule has 0 bridgehead atoms. The van der Waals surface area contributed by atoms with E-state index in [2.05, 4.69) is 39.2 Å². The molecule has 1 N–H and O–H groups in total. The van der Waals surface area contributed by atoms with E-state index in [9.17, 15) is 4.79 Å². The number of aryl methyl sites for hydroxylation is 1. The molecule has 2 heterocycles. The first-order chi connectivity index (χ1) is 15.5. The fourth-order valence-corrected chi connectivity index (χ4v) is 4.54. The summed E-state index contributed by atoms with van der Waals surface area (Å²) in [7, 11) is 3.99. The highest BCUT2D eigenvalue weighted by Gasteiger charge is 2.54. The zero-order valence-corrected chi connectivity index (χ0v) is 18.7. The molecule has 1 saturated carbocycles. The van der Waals surface area contributed by atoms with Crippen LogP contribution in [0, 0.1) is 12.8 Å². The summed E-state index contributed by atoms with van der Waals surface area (Å²) in [6, 6.07) is 13.6. The number of anilines is 2. The number of likely N-dealkylation sites (N-methyl/N-ethyl adjacent to an activating group) is 1. The van der Waals surface area contributed by atoms with Crippen molar-refractivity contribution in [2.24, 2.45) is 5.92 Å². The Balaban J connectivity index is 0.00000259. The summed E-state index contributed by atoms with van der Waals surface area (Å²) in [6.07, 6.45) is 9.70. The third kappa shape index (κ3) is 3.60. The van der Waals surface area contributed by atoms with Crippen molar-refractivity contribution in [2.75, 3.05) is 32.6 Å². The van der Waals surface area contributed by atoms with Gasteiger partial charge in [-0.2, -0.15) is 0 Å². The molecule has 2 aliphatic rings. The van der Waals surface area contributed by atoms with Gasteiger partial charge in [-0.15, -0.1) is 0 Å². The largest absolute Gasteiger partial charge is 0.476 e. The number of ether oxygens (including phenoxy) is 1. The molecule has 2 aliphatic carbocycles. The molecule has 1 fully saturated rings. The molecule has 6 heteroatoms. The fourth-order valence-electron chi connectivity index (χ4n) is 4.54. The molecule has 5 rings (SSSR count). The van der Waals surface area contributed by atoms with Crippen molar-refractivity contribution in [1.82, 2.24) is 14.5 Å². The van der Waals surface area contributed by atoms with Gasteiger partial charge in [-0.3, -0.25) is 4.79 Å². The lowest BCUT2D eigenvalue weighted by Crippen LogP contribution is -2.25. The minimum Gasteiger partial charge on any atom is -0.476 e. The second-order valence-corrected chi connectivity index (χ2v) is 8.88. The van der Waals surface area contributed by atoms with Gasteiger partial charge in [0.25, 0.3) is 0 Å². The smallest absolute Gasteiger partial charge is 0.227 e. The monoisotopic (exact) mass is 430 g/mol. The van der Waals surface area contributed by atoms with E-state index in [1.54, 1.807) is 6.07 Å². The molecule has 2 unspecified atom stereocenters. The SMILES string of the molecule is Cc1cc2c(c(OCCN(C)C)n1)c(=O)cc(Nc1ccccc1)n2C12C=CC=CC1C2.[HH]. The normalized spacial score (nSPS) is 21.1. The minimum atomic E-state index is -0.188. The van der Waals surface area contributed by atoms with E-state index in [1.165, 1.54) is 0 Å². The lowest BCUT2D eigenvalue weighted by molar-refractivity contribution is 0.256. The molecule has 0 aliphatic heterocycles. The standard InChI is InChI=1S/C26H28N4O2.H2/c1-18-15-21-24(25(27-18)32-14-13-29(2)3)22(31)16-23(28-20-10-5-4-6-11-20)30(21)26-12-8-7-9-19(26)17-26;/h4-12,15-16,19,28H,13-14,17H2,1-3H3;1H. The fraction of sp³-hybridized carbons (Fsp3) is 0.308. The van der Waals surface area contributed by atoms with Crippen LogP contribution in [0.25, 0.3) is 10.9 Å². The predicted molar refractivity (Wildman–Crippen MR) is 131 cm³/mol. The maximum absolute atomic E-state index is 13.4. The molecule has 0 saturated heterocycles. The van der Waals surface area contributed by atoms with Crippen molar-refractivity contribution >= 4 is 22.4 Å². The van der Waals surface area contributed by atoms with Crippen LogP contribution in [0.15, 0.2) is 71.6 Å². The van der Waals surface area contributed by atoms with Gasteiger partial charge >= 0.3 is 0 Å². The quantitative estimate of drug-likeness (QED) is 0.599. The number of rotatable bonds is 7. The topological polar surface area (TPSA) is 59.4 Å². The number of aromatic nitrogens is 2. The van der Waals surface area contributed by atoms with E-state index in [-0.39, 0.29) is 12.4 Å². The van der Waals surface area contributed by atoms with Crippen molar-refractivity contribution in [2.45, 2.75) is 18.9 Å². The maximum Gasteiger partial charge on any atom is 0.227 e. The number of hydrogen-bond acceptors (Lipinski definition) is 5. The summed E-state index contributed by atoms with van der Waals surface area (Å²) < 4.78 is 8.29. The Morgan fingerprint density at radius 3 is 2.81 bits per heavy atom. The summed E-state index contributed by atoms with van der Waals surface area (Å²) in [5.74, 6) is 1.60. The van der Waals surface area contributed by atoms with Crippen LogP contribution in [-0.4, -0.2) is 41.7 Å². The van der Waals surface area contributed by atoms with Gasteiger partial charge in [0.05, 0.1) is 11.1 Å². The number of allylic oxidation sites excluding steroid dienone is 4. The van der Waals surface area contributed by atoms with Crippen LogP contribution in [0.1, 0.15) is 13.5 Å². The second kappa shape index (κ2) is 7.95. The summed E-state index contributed by atoms with van der Waals surface area (Å²) in [4.78, 5) is 20.0. The van der Waals surface area contributed by atoms with Crippen LogP contribution in [0.3, 0.4) is 0 Å². The van der Waals surface area contributed by atoms with Crippen LogP contribution in [0.2, 0.25) is 0 Å². The van der Waals surface area contributed by atoms with Crippen molar-refractivity contribution in [3.05, 3.63) is 82.7 Å². The number of fused-ring (bicyclic) bond motifs is 2. The van der Waals surface area contributed by atoms with E-state index in [0.717, 1.165) is 35.7 Å². The van der Waals surface area contributed by atoms with Gasteiger partial charge in [-0.1, -0.05) is 42.5 Å². The molecular weight excluding hydrogens is 400 g/mol. The summed E-state index contributed by atoms with van der Waals surface area (Å²) in [6.45, 7) is 3.17. The molecule has 32 heavy (non-hydrogen) atoms. The summed E-state index contributed by atoms with van der Waals surface area (Å²) in [5.41, 5.74) is 2.34. The highest BCUT2D eigenvalue weighted by molar-refractivity contribution is 5.87. The zero-order valence-electron chi connectivity index (χ0n) is 18.7. The number of hydrogen-bond donors (Lipinski definition) is 1. The minimum absolute atomic E-state index is 0. The summed E-state index contributed by atoms with van der Waals surface area (Å²) >= 11 is 0. The number of nitrogens with one attached hydrogen (secondary N) is 1. The number of nitrogens with zero attached hydrogens (tertiary/aromatic N) is 3. The highest BCUT2D eigenvalue weighted by Crippen LogP contribution is 2.56. The van der Waals surface area contributed by atoms with E-state index in [1.807, 2.05) is 62.3 Å². The van der Waals surface area contributed by atoms with Crippen molar-refractivity contribution < 1.29 is 6.16 Å². The van der Waals surface area contributed by atoms with Gasteiger partial charge in [0.2, 0.25) is 5.88 Å². The molecule has 3 aromatic rings. The van der Waals surface area contributed by atoms with Gasteiger partial charge in [0.15, 0.2) is 5.43 Å². The Bertz CT molecular complexity index is 1280. The molecule has 1 aromatic carbocycles. The second-order valence-electron chi connectivity index (χ2n) is 8.88. The van der Waals surface area contributed by atoms with Crippen LogP contribution in [-0.2, 0) is 5.54 Å². The van der Waals surface area contributed by atoms with E-state index >= 15 is 0 Å². The molecule has 2 aromatic heterocycles. The Kier molecular flexibility index (Phi) is 5.10. The Hall–Kier alpha value is -3.38. The molecule has 0 radical (unpaired) electrons. The van der Waals surface area contributed by atoms with Gasteiger partial charge in [0, 0.05) is 31.3 Å². The van der Waals surface area contributed by atoms with Crippen LogP contribution in [0.5, 0.6) is 5.88 Å². The first kappa shape index (κ1) is 20.5. The zero-order chi connectivity index (χ0) is 22.3. The first-order valence-electron chi connectivity index (χ1n) is 11.0. The van der Waals surface area contributed by atoms with Crippen LogP contribution >= 0.6 is 0 Å². The van der Waals surface area contributed by atoms with Gasteiger partial charge in [0.1, 0.15) is 17.8 Å². The van der Waals surface area contributed by atoms with E-state index < -0.39 is 0 Å². The summed E-state index contributed by atoms with van der Waals surface area (Å²) in [5, 5.41) is 4.03. The third-order valence-electron chi connectivity index (χ3n) is 6.20. The lowest BCUT2D eigenvalue weighted by atomic mass is 10.1. The molecule has 166 valence electrons.